The van der Waals surface area contributed by atoms with Gasteiger partial charge in [0.05, 0.1) is 5.41 Å². The Morgan fingerprint density at radius 3 is 2.27 bits per heavy atom. The summed E-state index contributed by atoms with van der Waals surface area (Å²) in [7, 11) is 0. The largest absolute Gasteiger partial charge is 0.368 e. The smallest absolute Gasteiger partial charge is 0.240 e. The molecule has 4 rings (SSSR count). The lowest BCUT2D eigenvalue weighted by Gasteiger charge is -2.35. The van der Waals surface area contributed by atoms with Crippen molar-refractivity contribution in [2.24, 2.45) is 11.7 Å². The molecule has 1 aliphatic carbocycles. The number of nitrogens with one attached hydrogen (secondary N) is 1. The van der Waals surface area contributed by atoms with Crippen LogP contribution in [-0.4, -0.2) is 42.4 Å². The van der Waals surface area contributed by atoms with E-state index in [9.17, 15) is 9.59 Å². The summed E-state index contributed by atoms with van der Waals surface area (Å²) < 4.78 is 0. The average molecular weight is 529 g/mol. The van der Waals surface area contributed by atoms with Crippen LogP contribution in [0.2, 0.25) is 20.1 Å². The highest BCUT2D eigenvalue weighted by Gasteiger charge is 2.55. The van der Waals surface area contributed by atoms with Gasteiger partial charge in [0, 0.05) is 33.1 Å². The number of hydrogen-bond acceptors (Lipinski definition) is 3. The van der Waals surface area contributed by atoms with E-state index in [0.29, 0.717) is 45.0 Å². The highest BCUT2D eigenvalue weighted by Crippen LogP contribution is 2.52. The fourth-order valence-corrected chi connectivity index (χ4v) is 5.71. The molecule has 0 aromatic heterocycles. The summed E-state index contributed by atoms with van der Waals surface area (Å²) in [5, 5.41) is 5.22. The van der Waals surface area contributed by atoms with Crippen LogP contribution in [0.5, 0.6) is 0 Å². The minimum atomic E-state index is -0.847. The summed E-state index contributed by atoms with van der Waals surface area (Å²) in [6, 6.07) is 9.45. The van der Waals surface area contributed by atoms with Crippen LogP contribution < -0.4 is 11.1 Å². The van der Waals surface area contributed by atoms with E-state index in [4.69, 9.17) is 52.1 Å². The van der Waals surface area contributed by atoms with Crippen LogP contribution in [-0.2, 0) is 21.4 Å². The number of carbonyl (C=O) groups is 2. The van der Waals surface area contributed by atoms with Crippen LogP contribution in [0, 0.1) is 5.92 Å². The summed E-state index contributed by atoms with van der Waals surface area (Å²) >= 11 is 25.0. The Bertz CT molecular complexity index is 1070. The molecule has 176 valence electrons. The van der Waals surface area contributed by atoms with E-state index < -0.39 is 17.4 Å². The van der Waals surface area contributed by atoms with Crippen LogP contribution in [0.1, 0.15) is 30.4 Å². The molecule has 0 radical (unpaired) electrons. The number of primary amides is 1. The second kappa shape index (κ2) is 10.0. The van der Waals surface area contributed by atoms with Crippen molar-refractivity contribution in [3.05, 3.63) is 67.6 Å². The maximum atomic E-state index is 14.1. The number of carbonyl (C=O) groups excluding carboxylic acids is 2. The zero-order chi connectivity index (χ0) is 23.8. The second-order valence-corrected chi connectivity index (χ2v) is 10.6. The minimum absolute atomic E-state index is 0.132. The maximum Gasteiger partial charge on any atom is 0.240 e. The number of rotatable bonds is 8. The predicted octanol–water partition coefficient (Wildman–Crippen LogP) is 4.87. The molecule has 3 N–H and O–H groups in total. The summed E-state index contributed by atoms with van der Waals surface area (Å²) in [5.74, 6) is -0.473. The lowest BCUT2D eigenvalue weighted by Crippen LogP contribution is -2.54. The van der Waals surface area contributed by atoms with Crippen molar-refractivity contribution in [2.45, 2.75) is 37.1 Å². The van der Waals surface area contributed by atoms with Crippen LogP contribution in [0.15, 0.2) is 36.4 Å². The zero-order valence-electron chi connectivity index (χ0n) is 17.9. The molecule has 1 aliphatic heterocycles. The van der Waals surface area contributed by atoms with Crippen LogP contribution in [0.3, 0.4) is 0 Å². The quantitative estimate of drug-likeness (QED) is 0.513. The predicted molar refractivity (Wildman–Crippen MR) is 133 cm³/mol. The Labute approximate surface area is 213 Å². The standard InChI is InChI=1S/C24H25Cl4N3O2/c25-16-2-1-15(19(27)10-16)9-21(22(29)32)31(13-14-5-8-30-12-14)23(33)24(6-7-24)18-4-3-17(26)11-20(18)28/h1-4,10-11,14,21,30H,5-9,12-13H2,(H2,29,32)/t14-,21-/m0/s1. The molecule has 2 aromatic rings. The van der Waals surface area contributed by atoms with E-state index >= 15 is 0 Å². The molecule has 33 heavy (non-hydrogen) atoms. The molecule has 0 spiro atoms. The van der Waals surface area contributed by atoms with Gasteiger partial charge in [0.25, 0.3) is 0 Å². The third-order valence-corrected chi connectivity index (χ3v) is 7.75. The molecule has 1 saturated heterocycles. The van der Waals surface area contributed by atoms with Gasteiger partial charge in [-0.2, -0.15) is 0 Å². The minimum Gasteiger partial charge on any atom is -0.368 e. The van der Waals surface area contributed by atoms with Crippen molar-refractivity contribution in [3.8, 4) is 0 Å². The Morgan fingerprint density at radius 1 is 1.06 bits per heavy atom. The molecule has 5 nitrogen and oxygen atoms in total. The van der Waals surface area contributed by atoms with Gasteiger partial charge in [-0.3, -0.25) is 9.59 Å². The summed E-state index contributed by atoms with van der Waals surface area (Å²) in [6.07, 6.45) is 2.44. The molecule has 2 aromatic carbocycles. The van der Waals surface area contributed by atoms with Crippen molar-refractivity contribution in [3.63, 3.8) is 0 Å². The second-order valence-electron chi connectivity index (χ2n) is 8.88. The van der Waals surface area contributed by atoms with Gasteiger partial charge in [0.1, 0.15) is 6.04 Å². The van der Waals surface area contributed by atoms with Crippen LogP contribution in [0.4, 0.5) is 0 Å². The third kappa shape index (κ3) is 5.28. The van der Waals surface area contributed by atoms with Crippen molar-refractivity contribution in [1.82, 2.24) is 10.2 Å². The number of nitrogens with two attached hydrogens (primary N) is 1. The Kier molecular flexibility index (Phi) is 7.47. The highest BCUT2D eigenvalue weighted by molar-refractivity contribution is 6.35. The average Bonchev–Trinajstić information content (AvgIpc) is 3.39. The van der Waals surface area contributed by atoms with Gasteiger partial charge in [-0.15, -0.1) is 0 Å². The first-order valence-electron chi connectivity index (χ1n) is 10.9. The van der Waals surface area contributed by atoms with Crippen LogP contribution in [0.25, 0.3) is 0 Å². The van der Waals surface area contributed by atoms with Gasteiger partial charge in [-0.25, -0.2) is 0 Å². The Hall–Kier alpha value is -1.50. The Morgan fingerprint density at radius 2 is 1.73 bits per heavy atom. The van der Waals surface area contributed by atoms with Gasteiger partial charge in [0.2, 0.25) is 11.8 Å². The molecule has 2 aliphatic rings. The molecule has 1 heterocycles. The van der Waals surface area contributed by atoms with E-state index in [1.54, 1.807) is 41.3 Å². The van der Waals surface area contributed by atoms with Gasteiger partial charge in [-0.1, -0.05) is 58.5 Å². The molecular weight excluding hydrogens is 504 g/mol. The maximum absolute atomic E-state index is 14.1. The lowest BCUT2D eigenvalue weighted by molar-refractivity contribution is -0.142. The van der Waals surface area contributed by atoms with Gasteiger partial charge < -0.3 is 16.0 Å². The first-order valence-corrected chi connectivity index (χ1v) is 12.4. The van der Waals surface area contributed by atoms with E-state index in [0.717, 1.165) is 25.1 Å². The van der Waals surface area contributed by atoms with E-state index in [2.05, 4.69) is 5.32 Å². The van der Waals surface area contributed by atoms with Crippen LogP contribution >= 0.6 is 46.4 Å². The lowest BCUT2D eigenvalue weighted by atomic mass is 9.91. The third-order valence-electron chi connectivity index (χ3n) is 6.62. The highest BCUT2D eigenvalue weighted by atomic mass is 35.5. The van der Waals surface area contributed by atoms with E-state index in [-0.39, 0.29) is 18.2 Å². The van der Waals surface area contributed by atoms with Gasteiger partial charge >= 0.3 is 0 Å². The van der Waals surface area contributed by atoms with Gasteiger partial charge in [-0.05, 0) is 73.7 Å². The summed E-state index contributed by atoms with van der Waals surface area (Å²) in [6.45, 7) is 2.09. The van der Waals surface area contributed by atoms with Crippen molar-refractivity contribution < 1.29 is 9.59 Å². The normalized spacial score (nSPS) is 19.8. The SMILES string of the molecule is NC(=O)[C@H](Cc1ccc(Cl)cc1Cl)N(C[C@H]1CCNC1)C(=O)C1(c2ccc(Cl)cc2Cl)CC1. The fourth-order valence-electron chi connectivity index (χ4n) is 4.64. The number of hydrogen-bond donors (Lipinski definition) is 2. The molecule has 0 unspecified atom stereocenters. The Balaban J connectivity index is 1.69. The van der Waals surface area contributed by atoms with Gasteiger partial charge in [0.15, 0.2) is 0 Å². The van der Waals surface area contributed by atoms with E-state index in [1.165, 1.54) is 0 Å². The van der Waals surface area contributed by atoms with Crippen molar-refractivity contribution in [1.29, 1.82) is 0 Å². The van der Waals surface area contributed by atoms with Crippen molar-refractivity contribution >= 4 is 58.2 Å². The molecular formula is C24H25Cl4N3O2. The monoisotopic (exact) mass is 527 g/mol. The fraction of sp³-hybridized carbons (Fsp3) is 0.417. The number of halogens is 4. The zero-order valence-corrected chi connectivity index (χ0v) is 20.9. The van der Waals surface area contributed by atoms with E-state index in [1.807, 2.05) is 0 Å². The molecule has 1 saturated carbocycles. The first-order chi connectivity index (χ1) is 15.7. The summed E-state index contributed by atoms with van der Waals surface area (Å²) in [5.41, 5.74) is 6.54. The molecule has 2 amide bonds. The molecule has 2 fully saturated rings. The molecule has 2 atom stereocenters. The molecule has 0 bridgehead atoms. The number of benzene rings is 2. The first kappa shape index (κ1) is 24.6. The number of nitrogens with zero attached hydrogens (tertiary/aromatic N) is 1. The number of amides is 2. The topological polar surface area (TPSA) is 75.4 Å². The molecule has 9 heteroatoms. The van der Waals surface area contributed by atoms with Crippen molar-refractivity contribution in [2.75, 3.05) is 19.6 Å². The summed E-state index contributed by atoms with van der Waals surface area (Å²) in [4.78, 5) is 28.4.